The van der Waals surface area contributed by atoms with Crippen LogP contribution in [-0.4, -0.2) is 33.0 Å². The standard InChI is InChI=1S/C14H15F3N4O/c15-14(16,17)22-11-5-3-10(4-6-11)8-21-7-1-2-12(21)13-18-9-19-20-13/h3-6,9,12H,1-2,7-8H2,(H,18,19,20). The van der Waals surface area contributed by atoms with Crippen LogP contribution < -0.4 is 4.74 Å². The van der Waals surface area contributed by atoms with Crippen LogP contribution in [0.15, 0.2) is 30.6 Å². The van der Waals surface area contributed by atoms with Crippen LogP contribution in [0.3, 0.4) is 0 Å². The maximum atomic E-state index is 12.1. The van der Waals surface area contributed by atoms with Gasteiger partial charge in [-0.15, -0.1) is 13.2 Å². The van der Waals surface area contributed by atoms with E-state index in [1.807, 2.05) is 0 Å². The van der Waals surface area contributed by atoms with Crippen molar-refractivity contribution < 1.29 is 17.9 Å². The van der Waals surface area contributed by atoms with Gasteiger partial charge in [0.05, 0.1) is 6.04 Å². The second kappa shape index (κ2) is 5.96. The SMILES string of the molecule is FC(F)(F)Oc1ccc(CN2CCCC2c2ncn[nH]2)cc1. The van der Waals surface area contributed by atoms with Gasteiger partial charge in [0.2, 0.25) is 0 Å². The van der Waals surface area contributed by atoms with Crippen molar-refractivity contribution in [3.63, 3.8) is 0 Å². The smallest absolute Gasteiger partial charge is 0.406 e. The number of likely N-dealkylation sites (tertiary alicyclic amines) is 1. The number of aromatic nitrogens is 3. The lowest BCUT2D eigenvalue weighted by Gasteiger charge is -2.22. The van der Waals surface area contributed by atoms with Gasteiger partial charge in [0.15, 0.2) is 0 Å². The largest absolute Gasteiger partial charge is 0.573 e. The third-order valence-corrected chi connectivity index (χ3v) is 3.66. The number of hydrogen-bond acceptors (Lipinski definition) is 4. The summed E-state index contributed by atoms with van der Waals surface area (Å²) in [5.41, 5.74) is 0.931. The molecule has 2 aromatic rings. The van der Waals surface area contributed by atoms with E-state index >= 15 is 0 Å². The van der Waals surface area contributed by atoms with Gasteiger partial charge in [0.25, 0.3) is 0 Å². The van der Waals surface area contributed by atoms with Gasteiger partial charge < -0.3 is 4.74 Å². The summed E-state index contributed by atoms with van der Waals surface area (Å²) in [4.78, 5) is 6.43. The Labute approximate surface area is 125 Å². The highest BCUT2D eigenvalue weighted by Gasteiger charge is 2.31. The molecule has 0 amide bonds. The summed E-state index contributed by atoms with van der Waals surface area (Å²) in [6, 6.07) is 6.15. The van der Waals surface area contributed by atoms with E-state index in [1.165, 1.54) is 18.5 Å². The Kier molecular flexibility index (Phi) is 4.02. The number of aromatic amines is 1. The maximum Gasteiger partial charge on any atom is 0.573 e. The first kappa shape index (κ1) is 14.8. The van der Waals surface area contributed by atoms with Crippen molar-refractivity contribution >= 4 is 0 Å². The summed E-state index contributed by atoms with van der Waals surface area (Å²) in [7, 11) is 0. The summed E-state index contributed by atoms with van der Waals surface area (Å²) in [5.74, 6) is 0.624. The zero-order chi connectivity index (χ0) is 15.6. The predicted octanol–water partition coefficient (Wildman–Crippen LogP) is 3.04. The number of nitrogens with zero attached hydrogens (tertiary/aromatic N) is 3. The molecule has 0 bridgehead atoms. The molecule has 0 spiro atoms. The molecule has 118 valence electrons. The van der Waals surface area contributed by atoms with Gasteiger partial charge >= 0.3 is 6.36 Å². The van der Waals surface area contributed by atoms with Crippen molar-refractivity contribution in [1.29, 1.82) is 0 Å². The number of nitrogens with one attached hydrogen (secondary N) is 1. The van der Waals surface area contributed by atoms with Crippen LogP contribution >= 0.6 is 0 Å². The predicted molar refractivity (Wildman–Crippen MR) is 71.9 cm³/mol. The first-order chi connectivity index (χ1) is 10.5. The zero-order valence-corrected chi connectivity index (χ0v) is 11.7. The van der Waals surface area contributed by atoms with E-state index in [-0.39, 0.29) is 11.8 Å². The van der Waals surface area contributed by atoms with E-state index in [2.05, 4.69) is 24.8 Å². The second-order valence-corrected chi connectivity index (χ2v) is 5.19. The summed E-state index contributed by atoms with van der Waals surface area (Å²) in [6.07, 6.45) is -1.13. The molecule has 0 radical (unpaired) electrons. The third kappa shape index (κ3) is 3.56. The summed E-state index contributed by atoms with van der Waals surface area (Å²) in [6.45, 7) is 1.57. The molecule has 8 heteroatoms. The average molecular weight is 312 g/mol. The lowest BCUT2D eigenvalue weighted by Crippen LogP contribution is -2.23. The number of alkyl halides is 3. The highest BCUT2D eigenvalue weighted by molar-refractivity contribution is 5.27. The second-order valence-electron chi connectivity index (χ2n) is 5.19. The van der Waals surface area contributed by atoms with Gasteiger partial charge in [-0.3, -0.25) is 10.00 Å². The molecule has 0 aliphatic carbocycles. The van der Waals surface area contributed by atoms with E-state index in [0.717, 1.165) is 30.8 Å². The molecule has 1 fully saturated rings. The molecule has 1 aromatic carbocycles. The molecule has 2 heterocycles. The van der Waals surface area contributed by atoms with Gasteiger partial charge in [0.1, 0.15) is 17.9 Å². The van der Waals surface area contributed by atoms with E-state index < -0.39 is 6.36 Å². The molecule has 1 aromatic heterocycles. The number of rotatable bonds is 4. The Morgan fingerprint density at radius 2 is 2.05 bits per heavy atom. The molecule has 5 nitrogen and oxygen atoms in total. The summed E-state index contributed by atoms with van der Waals surface area (Å²) >= 11 is 0. The van der Waals surface area contributed by atoms with Crippen LogP contribution in [0.5, 0.6) is 5.75 Å². The molecule has 0 saturated carbocycles. The summed E-state index contributed by atoms with van der Waals surface area (Å²) in [5, 5.41) is 6.75. The van der Waals surface area contributed by atoms with Crippen molar-refractivity contribution in [2.75, 3.05) is 6.54 Å². The van der Waals surface area contributed by atoms with Crippen molar-refractivity contribution in [3.05, 3.63) is 42.0 Å². The highest BCUT2D eigenvalue weighted by atomic mass is 19.4. The minimum atomic E-state index is -4.66. The lowest BCUT2D eigenvalue weighted by atomic mass is 10.1. The zero-order valence-electron chi connectivity index (χ0n) is 11.7. The fraction of sp³-hybridized carbons (Fsp3) is 0.429. The number of H-pyrrole nitrogens is 1. The van der Waals surface area contributed by atoms with E-state index in [1.54, 1.807) is 12.1 Å². The highest BCUT2D eigenvalue weighted by Crippen LogP contribution is 2.31. The molecule has 1 unspecified atom stereocenters. The molecule has 22 heavy (non-hydrogen) atoms. The van der Waals surface area contributed by atoms with Gasteiger partial charge in [-0.2, -0.15) is 5.10 Å². The van der Waals surface area contributed by atoms with Crippen molar-refractivity contribution in [2.24, 2.45) is 0 Å². The van der Waals surface area contributed by atoms with Crippen LogP contribution in [0.25, 0.3) is 0 Å². The first-order valence-electron chi connectivity index (χ1n) is 6.95. The van der Waals surface area contributed by atoms with E-state index in [9.17, 15) is 13.2 Å². The first-order valence-corrected chi connectivity index (χ1v) is 6.95. The molecule has 3 rings (SSSR count). The van der Waals surface area contributed by atoms with Crippen LogP contribution in [0, 0.1) is 0 Å². The normalized spacial score (nSPS) is 19.5. The van der Waals surface area contributed by atoms with Gasteiger partial charge in [0, 0.05) is 6.54 Å². The monoisotopic (exact) mass is 312 g/mol. The van der Waals surface area contributed by atoms with Crippen molar-refractivity contribution in [3.8, 4) is 5.75 Å². The Hall–Kier alpha value is -2.09. The van der Waals surface area contributed by atoms with Crippen molar-refractivity contribution in [1.82, 2.24) is 20.1 Å². The van der Waals surface area contributed by atoms with Crippen LogP contribution in [0.4, 0.5) is 13.2 Å². The molecule has 1 aliphatic heterocycles. The Bertz CT molecular complexity index is 598. The Balaban J connectivity index is 1.65. The Morgan fingerprint density at radius 3 is 2.68 bits per heavy atom. The number of ether oxygens (including phenoxy) is 1. The minimum Gasteiger partial charge on any atom is -0.406 e. The number of benzene rings is 1. The molecular weight excluding hydrogens is 297 g/mol. The fourth-order valence-electron chi connectivity index (χ4n) is 2.73. The third-order valence-electron chi connectivity index (χ3n) is 3.66. The Morgan fingerprint density at radius 1 is 1.27 bits per heavy atom. The number of halogens is 3. The average Bonchev–Trinajstić information content (AvgIpc) is 3.10. The quantitative estimate of drug-likeness (QED) is 0.943. The molecule has 1 atom stereocenters. The van der Waals surface area contributed by atoms with Gasteiger partial charge in [-0.05, 0) is 37.1 Å². The van der Waals surface area contributed by atoms with Gasteiger partial charge in [-0.1, -0.05) is 12.1 Å². The van der Waals surface area contributed by atoms with Crippen LogP contribution in [0.2, 0.25) is 0 Å². The van der Waals surface area contributed by atoms with Crippen molar-refractivity contribution in [2.45, 2.75) is 31.8 Å². The fourth-order valence-corrected chi connectivity index (χ4v) is 2.73. The maximum absolute atomic E-state index is 12.1. The van der Waals surface area contributed by atoms with Gasteiger partial charge in [-0.25, -0.2) is 4.98 Å². The molecule has 1 N–H and O–H groups in total. The number of hydrogen-bond donors (Lipinski definition) is 1. The minimum absolute atomic E-state index is 0.175. The van der Waals surface area contributed by atoms with Crippen LogP contribution in [0.1, 0.15) is 30.3 Å². The van der Waals surface area contributed by atoms with E-state index in [4.69, 9.17) is 0 Å². The lowest BCUT2D eigenvalue weighted by molar-refractivity contribution is -0.274. The topological polar surface area (TPSA) is 54.0 Å². The van der Waals surface area contributed by atoms with Crippen LogP contribution in [-0.2, 0) is 6.54 Å². The summed E-state index contributed by atoms with van der Waals surface area (Å²) < 4.78 is 40.3. The molecular formula is C14H15F3N4O. The van der Waals surface area contributed by atoms with E-state index in [0.29, 0.717) is 6.54 Å². The molecule has 1 saturated heterocycles. The molecule has 1 aliphatic rings.